The Morgan fingerprint density at radius 2 is 1.77 bits per heavy atom. The summed E-state index contributed by atoms with van der Waals surface area (Å²) in [7, 11) is 1.62. The van der Waals surface area contributed by atoms with Crippen LogP contribution in [0.3, 0.4) is 0 Å². The lowest BCUT2D eigenvalue weighted by Crippen LogP contribution is -2.23. The third-order valence-corrected chi connectivity index (χ3v) is 11.2. The number of ether oxygens (including phenoxy) is 3. The van der Waals surface area contributed by atoms with Gasteiger partial charge in [0.2, 0.25) is 17.6 Å². The minimum absolute atomic E-state index is 0.270. The summed E-state index contributed by atoms with van der Waals surface area (Å²) in [6, 6.07) is 18.0. The maximum Gasteiger partial charge on any atom is 0.307 e. The lowest BCUT2D eigenvalue weighted by atomic mass is 9.94. The number of nitrogens with zero attached hydrogens (tertiary/aromatic N) is 3. The van der Waals surface area contributed by atoms with E-state index in [-0.39, 0.29) is 12.0 Å². The van der Waals surface area contributed by atoms with Crippen molar-refractivity contribution < 1.29 is 28.9 Å². The standard InChI is InChI=1S/C41H44Cl2N4O6/c1-3-52-39-27(23-47-17-16-26(22-47)41(49)50)19-34(42)40(46-39)53-36-15-13-30-29(6-4-7-31(30)36)32-8-5-9-33(37(32)43)35-14-11-25(38(45-35)51-2)21-44-20-24-10-12-28(48)18-24/h4-9,11,14,19,24,26,36,44H,3,10,12-13,15-18,20-23H2,1-2H3,(H,49,50)/t24-,26+,36+/m1/s1. The molecule has 0 amide bonds. The van der Waals surface area contributed by atoms with E-state index in [1.807, 2.05) is 49.4 Å². The van der Waals surface area contributed by atoms with Crippen LogP contribution in [0.25, 0.3) is 22.4 Å². The van der Waals surface area contributed by atoms with Crippen molar-refractivity contribution in [2.24, 2.45) is 11.8 Å². The number of Topliss-reactive ketones (excluding diaryl/α,β-unsaturated/α-hetero) is 1. The summed E-state index contributed by atoms with van der Waals surface area (Å²) in [5.74, 6) is 0.882. The van der Waals surface area contributed by atoms with Crippen LogP contribution in [-0.4, -0.2) is 65.1 Å². The second kappa shape index (κ2) is 16.4. The lowest BCUT2D eigenvalue weighted by molar-refractivity contribution is -0.141. The third-order valence-electron chi connectivity index (χ3n) is 10.5. The van der Waals surface area contributed by atoms with Crippen molar-refractivity contribution >= 4 is 35.0 Å². The van der Waals surface area contributed by atoms with Crippen LogP contribution in [0.2, 0.25) is 10.0 Å². The van der Waals surface area contributed by atoms with Gasteiger partial charge in [-0.05, 0) is 80.4 Å². The minimum atomic E-state index is -0.768. The number of carbonyl (C=O) groups excluding carboxylic acids is 1. The monoisotopic (exact) mass is 758 g/mol. The number of benzene rings is 2. The number of carboxylic acids is 1. The van der Waals surface area contributed by atoms with Crippen LogP contribution >= 0.6 is 23.2 Å². The van der Waals surface area contributed by atoms with E-state index in [1.54, 1.807) is 7.11 Å². The Labute approximate surface area is 319 Å². The van der Waals surface area contributed by atoms with Gasteiger partial charge in [-0.25, -0.2) is 4.98 Å². The number of ketones is 1. The van der Waals surface area contributed by atoms with E-state index in [0.717, 1.165) is 64.8 Å². The van der Waals surface area contributed by atoms with Gasteiger partial charge in [0.25, 0.3) is 0 Å². The number of rotatable bonds is 14. The van der Waals surface area contributed by atoms with E-state index >= 15 is 0 Å². The Morgan fingerprint density at radius 3 is 2.53 bits per heavy atom. The number of aromatic nitrogens is 2. The largest absolute Gasteiger partial charge is 0.481 e. The molecule has 2 N–H and O–H groups in total. The topological polar surface area (TPSA) is 123 Å². The van der Waals surface area contributed by atoms with Crippen LogP contribution in [0, 0.1) is 11.8 Å². The first-order chi connectivity index (χ1) is 25.7. The smallest absolute Gasteiger partial charge is 0.307 e. The predicted molar refractivity (Wildman–Crippen MR) is 204 cm³/mol. The number of nitrogens with one attached hydrogen (secondary N) is 1. The highest BCUT2D eigenvalue weighted by atomic mass is 35.5. The molecule has 0 spiro atoms. The van der Waals surface area contributed by atoms with E-state index < -0.39 is 5.97 Å². The van der Waals surface area contributed by atoms with Crippen molar-refractivity contribution in [2.45, 2.75) is 64.6 Å². The van der Waals surface area contributed by atoms with Gasteiger partial charge in [0.15, 0.2) is 0 Å². The Hall–Kier alpha value is -4.22. The molecule has 3 aliphatic rings. The van der Waals surface area contributed by atoms with E-state index in [9.17, 15) is 14.7 Å². The summed E-state index contributed by atoms with van der Waals surface area (Å²) < 4.78 is 18.1. The molecule has 2 aromatic carbocycles. The molecule has 4 aromatic rings. The van der Waals surface area contributed by atoms with Crippen LogP contribution in [0.4, 0.5) is 0 Å². The molecule has 12 heteroatoms. The normalized spacial score (nSPS) is 19.8. The third kappa shape index (κ3) is 8.16. The first-order valence-corrected chi connectivity index (χ1v) is 19.1. The molecular weight excluding hydrogens is 715 g/mol. The van der Waals surface area contributed by atoms with Gasteiger partial charge in [-0.3, -0.25) is 14.5 Å². The predicted octanol–water partition coefficient (Wildman–Crippen LogP) is 7.96. The second-order valence-electron chi connectivity index (χ2n) is 14.1. The molecule has 1 aliphatic heterocycles. The van der Waals surface area contributed by atoms with Crippen LogP contribution in [0.5, 0.6) is 17.6 Å². The summed E-state index contributed by atoms with van der Waals surface area (Å²) in [5.41, 5.74) is 7.42. The van der Waals surface area contributed by atoms with Crippen LogP contribution < -0.4 is 19.5 Å². The highest BCUT2D eigenvalue weighted by Crippen LogP contribution is 2.45. The highest BCUT2D eigenvalue weighted by molar-refractivity contribution is 6.36. The average Bonchev–Trinajstić information content (AvgIpc) is 3.91. The number of carbonyl (C=O) groups is 2. The van der Waals surface area contributed by atoms with Gasteiger partial charge < -0.3 is 24.6 Å². The quantitative estimate of drug-likeness (QED) is 0.131. The number of hydrogen-bond donors (Lipinski definition) is 2. The number of likely N-dealkylation sites (tertiary alicyclic amines) is 1. The molecule has 10 nitrogen and oxygen atoms in total. The first kappa shape index (κ1) is 37.1. The van der Waals surface area contributed by atoms with Gasteiger partial charge in [0.1, 0.15) is 16.9 Å². The summed E-state index contributed by atoms with van der Waals surface area (Å²) >= 11 is 14.0. The number of carboxylic acid groups (broad SMARTS) is 1. The fraction of sp³-hybridized carbons (Fsp3) is 0.415. The van der Waals surface area contributed by atoms with E-state index in [4.69, 9.17) is 47.4 Å². The maximum atomic E-state index is 11.7. The number of fused-ring (bicyclic) bond motifs is 1. The molecule has 1 saturated heterocycles. The van der Waals surface area contributed by atoms with Crippen molar-refractivity contribution in [2.75, 3.05) is 33.4 Å². The Morgan fingerprint density at radius 1 is 0.962 bits per heavy atom. The van der Waals surface area contributed by atoms with Crippen LogP contribution in [0.15, 0.2) is 54.6 Å². The molecule has 1 saturated carbocycles. The van der Waals surface area contributed by atoms with Crippen molar-refractivity contribution in [3.8, 4) is 40.0 Å². The lowest BCUT2D eigenvalue weighted by Gasteiger charge is -2.20. The summed E-state index contributed by atoms with van der Waals surface area (Å²) in [6.45, 7) is 5.37. The van der Waals surface area contributed by atoms with Crippen molar-refractivity contribution in [3.05, 3.63) is 86.9 Å². The average molecular weight is 760 g/mol. The summed E-state index contributed by atoms with van der Waals surface area (Å²) in [4.78, 5) is 34.8. The molecule has 3 heterocycles. The molecule has 278 valence electrons. The zero-order chi connectivity index (χ0) is 37.1. The van der Waals surface area contributed by atoms with Crippen LogP contribution in [0.1, 0.15) is 67.4 Å². The van der Waals surface area contributed by atoms with Crippen molar-refractivity contribution in [3.63, 3.8) is 0 Å². The molecule has 2 fully saturated rings. The molecule has 0 radical (unpaired) electrons. The highest BCUT2D eigenvalue weighted by Gasteiger charge is 2.31. The summed E-state index contributed by atoms with van der Waals surface area (Å²) in [5, 5.41) is 13.9. The summed E-state index contributed by atoms with van der Waals surface area (Å²) in [6.07, 6.45) is 4.15. The Kier molecular flexibility index (Phi) is 11.5. The molecule has 0 bridgehead atoms. The molecule has 0 unspecified atom stereocenters. The SMILES string of the molecule is CCOc1nc(O[C@H]2CCc3c(-c4cccc(-c5ccc(CNC[C@@H]6CCC(=O)C6)c(OC)n5)c4Cl)cccc32)c(Cl)cc1CN1CC[C@H](C(=O)O)C1. The first-order valence-electron chi connectivity index (χ1n) is 18.3. The van der Waals surface area contributed by atoms with E-state index in [0.29, 0.717) is 97.1 Å². The second-order valence-corrected chi connectivity index (χ2v) is 14.8. The molecule has 7 rings (SSSR count). The molecule has 2 aromatic heterocycles. The number of hydrogen-bond acceptors (Lipinski definition) is 9. The van der Waals surface area contributed by atoms with Crippen molar-refractivity contribution in [1.82, 2.24) is 20.2 Å². The van der Waals surface area contributed by atoms with Gasteiger partial charge in [-0.1, -0.05) is 65.7 Å². The molecule has 53 heavy (non-hydrogen) atoms. The van der Waals surface area contributed by atoms with Gasteiger partial charge in [0, 0.05) is 54.7 Å². The Bertz CT molecular complexity index is 2010. The van der Waals surface area contributed by atoms with Gasteiger partial charge in [-0.15, -0.1) is 0 Å². The van der Waals surface area contributed by atoms with Gasteiger partial charge in [-0.2, -0.15) is 4.98 Å². The zero-order valence-corrected chi connectivity index (χ0v) is 31.5. The molecule has 2 aliphatic carbocycles. The number of aliphatic carboxylic acids is 1. The fourth-order valence-electron chi connectivity index (χ4n) is 7.84. The number of methoxy groups -OCH3 is 1. The van der Waals surface area contributed by atoms with Gasteiger partial charge in [0.05, 0.1) is 30.4 Å². The maximum absolute atomic E-state index is 11.7. The number of pyridine rings is 2. The zero-order valence-electron chi connectivity index (χ0n) is 30.0. The minimum Gasteiger partial charge on any atom is -0.481 e. The van der Waals surface area contributed by atoms with E-state index in [1.165, 1.54) is 0 Å². The Balaban J connectivity index is 1.09. The fourth-order valence-corrected chi connectivity index (χ4v) is 8.38. The molecule has 3 atom stereocenters. The number of halogens is 2. The van der Waals surface area contributed by atoms with E-state index in [2.05, 4.69) is 22.3 Å². The van der Waals surface area contributed by atoms with Gasteiger partial charge >= 0.3 is 5.97 Å². The van der Waals surface area contributed by atoms with Crippen LogP contribution in [-0.2, 0) is 29.1 Å². The van der Waals surface area contributed by atoms with Crippen molar-refractivity contribution in [1.29, 1.82) is 0 Å². The molecular formula is C41H44Cl2N4O6.